The first-order valence-electron chi connectivity index (χ1n) is 13.6. The molecule has 0 bridgehead atoms. The Hall–Kier alpha value is -4.00. The van der Waals surface area contributed by atoms with Crippen molar-refractivity contribution in [1.29, 1.82) is 0 Å². The first-order valence-corrected chi connectivity index (χ1v) is 13.6. The van der Waals surface area contributed by atoms with Gasteiger partial charge in [0.05, 0.1) is 13.2 Å². The molecule has 0 atom stereocenters. The maximum Gasteiger partial charge on any atom is 0.305 e. The summed E-state index contributed by atoms with van der Waals surface area (Å²) in [7, 11) is 0. The van der Waals surface area contributed by atoms with Crippen LogP contribution in [0.2, 0.25) is 0 Å². The molecule has 0 fully saturated rings. The molecule has 1 heterocycles. The van der Waals surface area contributed by atoms with Gasteiger partial charge in [-0.2, -0.15) is 0 Å². The average molecular weight is 532 g/mol. The van der Waals surface area contributed by atoms with Crippen LogP contribution in [0.15, 0.2) is 66.7 Å². The topological polar surface area (TPSA) is 74.3 Å². The quantitative estimate of drug-likeness (QED) is 0.182. The van der Waals surface area contributed by atoms with Crippen LogP contribution in [-0.2, 0) is 16.1 Å². The molecule has 1 amide bonds. The number of carbonyl (C=O) groups is 2. The average Bonchev–Trinajstić information content (AvgIpc) is 3.42. The Morgan fingerprint density at radius 3 is 2.41 bits per heavy atom. The minimum absolute atomic E-state index is 0.00182. The number of nitrogens with zero attached hydrogens (tertiary/aromatic N) is 1. The van der Waals surface area contributed by atoms with E-state index in [9.17, 15) is 9.59 Å². The second kappa shape index (κ2) is 13.7. The molecule has 4 rings (SSSR count). The van der Waals surface area contributed by atoms with Gasteiger partial charge in [0.25, 0.3) is 5.91 Å². The van der Waals surface area contributed by atoms with E-state index in [0.29, 0.717) is 31.7 Å². The Labute approximate surface area is 230 Å². The van der Waals surface area contributed by atoms with Gasteiger partial charge in [0.1, 0.15) is 5.75 Å². The summed E-state index contributed by atoms with van der Waals surface area (Å²) in [6, 6.07) is 21.4. The summed E-state index contributed by atoms with van der Waals surface area (Å²) in [5.74, 6) is 2.08. The van der Waals surface area contributed by atoms with Crippen LogP contribution in [0.1, 0.15) is 62.4 Å². The van der Waals surface area contributed by atoms with Crippen molar-refractivity contribution in [2.24, 2.45) is 0 Å². The number of ether oxygens (including phenoxy) is 4. The van der Waals surface area contributed by atoms with Gasteiger partial charge in [-0.05, 0) is 81.5 Å². The van der Waals surface area contributed by atoms with Crippen LogP contribution in [0, 0.1) is 0 Å². The van der Waals surface area contributed by atoms with E-state index in [1.54, 1.807) is 0 Å². The van der Waals surface area contributed by atoms with Gasteiger partial charge in [-0.15, -0.1) is 0 Å². The van der Waals surface area contributed by atoms with E-state index in [2.05, 4.69) is 0 Å². The summed E-state index contributed by atoms with van der Waals surface area (Å²) in [6.45, 7) is 7.51. The standard InChI is InChI=1S/C32H37NO6/c1-4-36-31(34)12-6-5-9-19-37-28-11-8-7-10-27(28)21-33(23(2)3)32(35)25-15-13-24(14-16-25)26-17-18-29-30(20-26)39-22-38-29/h7-8,10-11,13-18,20,23H,4-6,9,12,19,21-22H2,1-3H3. The fourth-order valence-corrected chi connectivity index (χ4v) is 4.46. The molecule has 0 N–H and O–H groups in total. The second-order valence-corrected chi connectivity index (χ2v) is 9.74. The van der Waals surface area contributed by atoms with E-state index in [1.165, 1.54) is 0 Å². The third-order valence-electron chi connectivity index (χ3n) is 6.62. The van der Waals surface area contributed by atoms with Crippen LogP contribution in [0.5, 0.6) is 17.2 Å². The van der Waals surface area contributed by atoms with Crippen LogP contribution in [-0.4, -0.2) is 42.8 Å². The van der Waals surface area contributed by atoms with Crippen molar-refractivity contribution in [3.63, 3.8) is 0 Å². The predicted octanol–water partition coefficient (Wildman–Crippen LogP) is 6.64. The highest BCUT2D eigenvalue weighted by Gasteiger charge is 2.21. The number of esters is 1. The molecule has 1 aliphatic rings. The van der Waals surface area contributed by atoms with Gasteiger partial charge < -0.3 is 23.8 Å². The van der Waals surface area contributed by atoms with Crippen molar-refractivity contribution in [2.75, 3.05) is 20.0 Å². The van der Waals surface area contributed by atoms with E-state index in [0.717, 1.165) is 53.2 Å². The van der Waals surface area contributed by atoms with Crippen molar-refractivity contribution in [2.45, 2.75) is 59.0 Å². The van der Waals surface area contributed by atoms with E-state index < -0.39 is 0 Å². The first-order chi connectivity index (χ1) is 19.0. The monoisotopic (exact) mass is 531 g/mol. The smallest absolute Gasteiger partial charge is 0.305 e. The van der Waals surface area contributed by atoms with Gasteiger partial charge in [0.2, 0.25) is 6.79 Å². The molecule has 1 aliphatic heterocycles. The Balaban J connectivity index is 1.36. The van der Waals surface area contributed by atoms with Crippen LogP contribution in [0.3, 0.4) is 0 Å². The van der Waals surface area contributed by atoms with Gasteiger partial charge >= 0.3 is 5.97 Å². The summed E-state index contributed by atoms with van der Waals surface area (Å²) in [6.07, 6.45) is 2.95. The van der Waals surface area contributed by atoms with Crippen LogP contribution in [0.4, 0.5) is 0 Å². The number of fused-ring (bicyclic) bond motifs is 1. The van der Waals surface area contributed by atoms with Crippen molar-refractivity contribution in [3.8, 4) is 28.4 Å². The number of carbonyl (C=O) groups excluding carboxylic acids is 2. The zero-order valence-corrected chi connectivity index (χ0v) is 23.0. The molecular weight excluding hydrogens is 494 g/mol. The Kier molecular flexibility index (Phi) is 9.84. The maximum absolute atomic E-state index is 13.5. The molecule has 206 valence electrons. The molecule has 3 aromatic rings. The maximum atomic E-state index is 13.5. The normalized spacial score (nSPS) is 11.9. The lowest BCUT2D eigenvalue weighted by Crippen LogP contribution is -2.36. The number of amides is 1. The highest BCUT2D eigenvalue weighted by Crippen LogP contribution is 2.36. The van der Waals surface area contributed by atoms with Crippen molar-refractivity contribution >= 4 is 11.9 Å². The zero-order chi connectivity index (χ0) is 27.6. The SMILES string of the molecule is CCOC(=O)CCCCCOc1ccccc1CN(C(=O)c1ccc(-c2ccc3c(c2)OCO3)cc1)C(C)C. The molecule has 0 aliphatic carbocycles. The van der Waals surface area contributed by atoms with Gasteiger partial charge in [-0.3, -0.25) is 9.59 Å². The molecule has 0 radical (unpaired) electrons. The molecule has 0 spiro atoms. The molecule has 0 saturated heterocycles. The van der Waals surface area contributed by atoms with E-state index >= 15 is 0 Å². The van der Waals surface area contributed by atoms with E-state index in [1.807, 2.05) is 92.4 Å². The lowest BCUT2D eigenvalue weighted by atomic mass is 10.0. The van der Waals surface area contributed by atoms with Crippen LogP contribution >= 0.6 is 0 Å². The number of para-hydroxylation sites is 1. The molecule has 7 nitrogen and oxygen atoms in total. The minimum atomic E-state index is -0.148. The zero-order valence-electron chi connectivity index (χ0n) is 23.0. The lowest BCUT2D eigenvalue weighted by molar-refractivity contribution is -0.143. The fourth-order valence-electron chi connectivity index (χ4n) is 4.46. The summed E-state index contributed by atoms with van der Waals surface area (Å²) in [5.41, 5.74) is 3.60. The largest absolute Gasteiger partial charge is 0.493 e. The molecule has 7 heteroatoms. The van der Waals surface area contributed by atoms with Crippen LogP contribution < -0.4 is 14.2 Å². The van der Waals surface area contributed by atoms with Gasteiger partial charge in [-0.1, -0.05) is 36.4 Å². The van der Waals surface area contributed by atoms with Crippen molar-refractivity contribution < 1.29 is 28.5 Å². The number of hydrogen-bond acceptors (Lipinski definition) is 6. The van der Waals surface area contributed by atoms with Gasteiger partial charge in [-0.25, -0.2) is 0 Å². The summed E-state index contributed by atoms with van der Waals surface area (Å²) in [5, 5.41) is 0. The summed E-state index contributed by atoms with van der Waals surface area (Å²) >= 11 is 0. The lowest BCUT2D eigenvalue weighted by Gasteiger charge is -2.28. The van der Waals surface area contributed by atoms with Crippen LogP contribution in [0.25, 0.3) is 11.1 Å². The molecular formula is C32H37NO6. The summed E-state index contributed by atoms with van der Waals surface area (Å²) in [4.78, 5) is 26.9. The van der Waals surface area contributed by atoms with E-state index in [4.69, 9.17) is 18.9 Å². The Bertz CT molecular complexity index is 1250. The molecule has 0 saturated carbocycles. The molecule has 0 unspecified atom stereocenters. The third kappa shape index (κ3) is 7.53. The second-order valence-electron chi connectivity index (χ2n) is 9.74. The molecule has 39 heavy (non-hydrogen) atoms. The third-order valence-corrected chi connectivity index (χ3v) is 6.62. The Morgan fingerprint density at radius 2 is 1.64 bits per heavy atom. The molecule has 0 aromatic heterocycles. The molecule has 3 aromatic carbocycles. The fraction of sp³-hybridized carbons (Fsp3) is 0.375. The Morgan fingerprint density at radius 1 is 0.897 bits per heavy atom. The predicted molar refractivity (Wildman–Crippen MR) is 150 cm³/mol. The first kappa shape index (κ1) is 28.0. The van der Waals surface area contributed by atoms with Gasteiger partial charge in [0.15, 0.2) is 11.5 Å². The van der Waals surface area contributed by atoms with Crippen molar-refractivity contribution in [3.05, 3.63) is 77.9 Å². The van der Waals surface area contributed by atoms with Crippen molar-refractivity contribution in [1.82, 2.24) is 4.90 Å². The minimum Gasteiger partial charge on any atom is -0.493 e. The van der Waals surface area contributed by atoms with E-state index in [-0.39, 0.29) is 24.7 Å². The number of rotatable bonds is 13. The highest BCUT2D eigenvalue weighted by atomic mass is 16.7. The number of unbranched alkanes of at least 4 members (excludes halogenated alkanes) is 2. The number of hydrogen-bond donors (Lipinski definition) is 0. The summed E-state index contributed by atoms with van der Waals surface area (Å²) < 4.78 is 21.9. The van der Waals surface area contributed by atoms with Gasteiger partial charge in [0, 0.05) is 30.1 Å². The number of benzene rings is 3. The highest BCUT2D eigenvalue weighted by molar-refractivity contribution is 5.95.